The van der Waals surface area contributed by atoms with Gasteiger partial charge in [0.25, 0.3) is 5.91 Å². The van der Waals surface area contributed by atoms with E-state index < -0.39 is 0 Å². The smallest absolute Gasteiger partial charge is 0.265 e. The van der Waals surface area contributed by atoms with Crippen molar-refractivity contribution in [3.63, 3.8) is 0 Å². The fraction of sp³-hybridized carbons (Fsp3) is 0.529. The first-order valence-corrected chi connectivity index (χ1v) is 9.10. The lowest BCUT2D eigenvalue weighted by Gasteiger charge is -2.23. The maximum Gasteiger partial charge on any atom is 0.265 e. The van der Waals surface area contributed by atoms with Crippen LogP contribution in [0.4, 0.5) is 5.95 Å². The number of hydrogen-bond acceptors (Lipinski definition) is 6. The molecule has 0 N–H and O–H groups in total. The molecule has 7 heteroatoms. The number of nitrogens with zero attached hydrogens (tertiary/aromatic N) is 5. The Morgan fingerprint density at radius 2 is 1.83 bits per heavy atom. The maximum atomic E-state index is 13.0. The Hall–Kier alpha value is -2.02. The van der Waals surface area contributed by atoms with Crippen molar-refractivity contribution >= 4 is 23.2 Å². The second-order valence-electron chi connectivity index (χ2n) is 6.96. The Bertz CT molecular complexity index is 695. The van der Waals surface area contributed by atoms with Gasteiger partial charge in [0.1, 0.15) is 4.88 Å². The van der Waals surface area contributed by atoms with Crippen molar-refractivity contribution in [1.29, 1.82) is 0 Å². The van der Waals surface area contributed by atoms with Gasteiger partial charge >= 0.3 is 0 Å². The summed E-state index contributed by atoms with van der Waals surface area (Å²) in [6, 6.07) is 1.81. The van der Waals surface area contributed by atoms with Crippen LogP contribution in [0.25, 0.3) is 0 Å². The van der Waals surface area contributed by atoms with Crippen molar-refractivity contribution < 1.29 is 4.79 Å². The molecule has 0 aromatic carbocycles. The average molecular weight is 345 g/mol. The summed E-state index contributed by atoms with van der Waals surface area (Å²) in [5.41, 5.74) is 2.54. The summed E-state index contributed by atoms with van der Waals surface area (Å²) in [7, 11) is 0. The van der Waals surface area contributed by atoms with E-state index in [1.54, 1.807) is 17.9 Å². The number of carbonyl (C=O) groups is 1. The van der Waals surface area contributed by atoms with Gasteiger partial charge in [-0.3, -0.25) is 4.79 Å². The summed E-state index contributed by atoms with van der Waals surface area (Å²) in [6.07, 6.45) is 4.42. The number of anilines is 1. The summed E-state index contributed by atoms with van der Waals surface area (Å²) in [5.74, 6) is 0.832. The molecule has 0 saturated carbocycles. The van der Waals surface area contributed by atoms with Crippen molar-refractivity contribution in [3.8, 4) is 0 Å². The summed E-state index contributed by atoms with van der Waals surface area (Å²) in [5, 5.41) is 0. The van der Waals surface area contributed by atoms with E-state index in [0.717, 1.165) is 42.6 Å². The van der Waals surface area contributed by atoms with Crippen molar-refractivity contribution in [1.82, 2.24) is 19.9 Å². The zero-order chi connectivity index (χ0) is 17.2. The molecule has 1 fully saturated rings. The van der Waals surface area contributed by atoms with Crippen LogP contribution in [0, 0.1) is 0 Å². The quantitative estimate of drug-likeness (QED) is 0.837. The average Bonchev–Trinajstić information content (AvgIpc) is 2.94. The molecule has 2 aromatic heterocycles. The lowest BCUT2D eigenvalue weighted by atomic mass is 9.91. The molecule has 2 aromatic rings. The van der Waals surface area contributed by atoms with E-state index in [9.17, 15) is 4.79 Å². The molecule has 0 unspecified atom stereocenters. The topological polar surface area (TPSA) is 62.2 Å². The van der Waals surface area contributed by atoms with E-state index in [0.29, 0.717) is 6.54 Å². The summed E-state index contributed by atoms with van der Waals surface area (Å²) in [4.78, 5) is 30.9. The predicted molar refractivity (Wildman–Crippen MR) is 95.6 cm³/mol. The van der Waals surface area contributed by atoms with Gasteiger partial charge in [0.15, 0.2) is 0 Å². The molecule has 6 nitrogen and oxygen atoms in total. The Balaban J connectivity index is 1.73. The van der Waals surface area contributed by atoms with E-state index in [4.69, 9.17) is 0 Å². The van der Waals surface area contributed by atoms with Gasteiger partial charge in [0.05, 0.1) is 11.2 Å². The van der Waals surface area contributed by atoms with Gasteiger partial charge in [-0.2, -0.15) is 0 Å². The highest BCUT2D eigenvalue weighted by Crippen LogP contribution is 2.28. The molecule has 1 saturated heterocycles. The molecule has 0 spiro atoms. The largest absolute Gasteiger partial charge is 0.339 e. The molecule has 0 bridgehead atoms. The van der Waals surface area contributed by atoms with Gasteiger partial charge in [-0.15, -0.1) is 11.3 Å². The van der Waals surface area contributed by atoms with Crippen LogP contribution in [0.15, 0.2) is 24.0 Å². The first kappa shape index (κ1) is 16.8. The molecular formula is C17H23N5OS. The number of rotatable bonds is 2. The molecule has 1 aliphatic heterocycles. The Morgan fingerprint density at radius 3 is 2.54 bits per heavy atom. The summed E-state index contributed by atoms with van der Waals surface area (Å²) < 4.78 is 0. The highest BCUT2D eigenvalue weighted by Gasteiger charge is 2.29. The van der Waals surface area contributed by atoms with Crippen LogP contribution in [-0.4, -0.2) is 51.9 Å². The minimum atomic E-state index is -0.124. The van der Waals surface area contributed by atoms with E-state index in [2.05, 4.69) is 40.6 Å². The molecule has 1 aliphatic rings. The van der Waals surface area contributed by atoms with Crippen LogP contribution < -0.4 is 4.90 Å². The highest BCUT2D eigenvalue weighted by atomic mass is 32.1. The predicted octanol–water partition coefficient (Wildman–Crippen LogP) is 2.58. The normalized spacial score (nSPS) is 16.1. The number of thiazole rings is 1. The van der Waals surface area contributed by atoms with E-state index in [1.807, 2.05) is 11.0 Å². The standard InChI is InChI=1S/C17H23N5OS/c1-17(2,3)14-13(24-12-20-14)15(23)21-8-5-9-22(11-10-21)16-18-6-4-7-19-16/h4,6-7,12H,5,8-11H2,1-3H3. The van der Waals surface area contributed by atoms with Crippen molar-refractivity contribution in [2.75, 3.05) is 31.1 Å². The SMILES string of the molecule is CC(C)(C)c1ncsc1C(=O)N1CCCN(c2ncccn2)CC1. The first-order chi connectivity index (χ1) is 11.5. The third-order valence-electron chi connectivity index (χ3n) is 4.09. The molecular weight excluding hydrogens is 322 g/mol. The molecule has 3 heterocycles. The van der Waals surface area contributed by atoms with Crippen LogP contribution in [0.2, 0.25) is 0 Å². The van der Waals surface area contributed by atoms with Gasteiger partial charge < -0.3 is 9.80 Å². The molecule has 1 amide bonds. The molecule has 3 rings (SSSR count). The zero-order valence-electron chi connectivity index (χ0n) is 14.4. The van der Waals surface area contributed by atoms with Gasteiger partial charge in [0.2, 0.25) is 5.95 Å². The van der Waals surface area contributed by atoms with Gasteiger partial charge in [-0.1, -0.05) is 20.8 Å². The minimum Gasteiger partial charge on any atom is -0.339 e. The van der Waals surface area contributed by atoms with E-state index >= 15 is 0 Å². The van der Waals surface area contributed by atoms with Crippen molar-refractivity contribution in [3.05, 3.63) is 34.5 Å². The van der Waals surface area contributed by atoms with E-state index in [-0.39, 0.29) is 11.3 Å². The Kier molecular flexibility index (Phi) is 4.80. The number of hydrogen-bond donors (Lipinski definition) is 0. The second kappa shape index (κ2) is 6.84. The minimum absolute atomic E-state index is 0.0956. The Morgan fingerprint density at radius 1 is 1.08 bits per heavy atom. The molecule has 0 radical (unpaired) electrons. The zero-order valence-corrected chi connectivity index (χ0v) is 15.2. The maximum absolute atomic E-state index is 13.0. The lowest BCUT2D eigenvalue weighted by Crippen LogP contribution is -2.36. The van der Waals surface area contributed by atoms with Crippen LogP contribution in [0.3, 0.4) is 0 Å². The highest BCUT2D eigenvalue weighted by molar-refractivity contribution is 7.11. The number of carbonyl (C=O) groups excluding carboxylic acids is 1. The lowest BCUT2D eigenvalue weighted by molar-refractivity contribution is 0.0769. The van der Waals surface area contributed by atoms with Crippen LogP contribution >= 0.6 is 11.3 Å². The molecule has 0 aliphatic carbocycles. The van der Waals surface area contributed by atoms with Gasteiger partial charge in [-0.05, 0) is 12.5 Å². The number of aromatic nitrogens is 3. The third kappa shape index (κ3) is 3.56. The van der Waals surface area contributed by atoms with Gasteiger partial charge in [-0.25, -0.2) is 15.0 Å². The van der Waals surface area contributed by atoms with Crippen molar-refractivity contribution in [2.45, 2.75) is 32.6 Å². The van der Waals surface area contributed by atoms with Crippen LogP contribution in [-0.2, 0) is 5.41 Å². The molecule has 128 valence electrons. The number of amides is 1. The first-order valence-electron chi connectivity index (χ1n) is 8.22. The van der Waals surface area contributed by atoms with Crippen LogP contribution in [0.1, 0.15) is 42.6 Å². The fourth-order valence-electron chi connectivity index (χ4n) is 2.85. The van der Waals surface area contributed by atoms with Crippen molar-refractivity contribution in [2.24, 2.45) is 0 Å². The Labute approximate surface area is 146 Å². The van der Waals surface area contributed by atoms with E-state index in [1.165, 1.54) is 11.3 Å². The third-order valence-corrected chi connectivity index (χ3v) is 4.90. The second-order valence-corrected chi connectivity index (χ2v) is 7.82. The molecule has 24 heavy (non-hydrogen) atoms. The van der Waals surface area contributed by atoms with Crippen LogP contribution in [0.5, 0.6) is 0 Å². The van der Waals surface area contributed by atoms with Gasteiger partial charge in [0, 0.05) is 44.0 Å². The monoisotopic (exact) mass is 345 g/mol. The summed E-state index contributed by atoms with van der Waals surface area (Å²) >= 11 is 1.44. The summed E-state index contributed by atoms with van der Waals surface area (Å²) in [6.45, 7) is 9.32. The molecule has 0 atom stereocenters. The fourth-order valence-corrected chi connectivity index (χ4v) is 3.81.